The Kier molecular flexibility index (Phi) is 5.81. The van der Waals surface area contributed by atoms with Crippen LogP contribution < -0.4 is 10.6 Å². The summed E-state index contributed by atoms with van der Waals surface area (Å²) in [6.07, 6.45) is 0. The van der Waals surface area contributed by atoms with Crippen LogP contribution in [-0.2, 0) is 9.59 Å². The molecule has 6 heteroatoms. The van der Waals surface area contributed by atoms with Crippen LogP contribution in [0.25, 0.3) is 10.8 Å². The number of carbonyl (C=O) groups is 2. The Morgan fingerprint density at radius 2 is 1.54 bits per heavy atom. The molecule has 0 aliphatic carbocycles. The number of anilines is 2. The molecule has 3 rings (SSSR count). The van der Waals surface area contributed by atoms with Crippen molar-refractivity contribution in [1.82, 2.24) is 0 Å². The molecule has 3 aromatic rings. The fourth-order valence-electron chi connectivity index (χ4n) is 2.56. The number of rotatable bonds is 5. The molecule has 0 bridgehead atoms. The van der Waals surface area contributed by atoms with Gasteiger partial charge in [-0.15, -0.1) is 11.8 Å². The molecule has 0 heterocycles. The Labute approximate surface area is 160 Å². The third-order valence-corrected chi connectivity index (χ3v) is 5.04. The van der Waals surface area contributed by atoms with Crippen molar-refractivity contribution >= 4 is 57.3 Å². The van der Waals surface area contributed by atoms with Gasteiger partial charge in [0.05, 0.1) is 5.75 Å². The summed E-state index contributed by atoms with van der Waals surface area (Å²) in [5.74, 6) is 0.0379. The van der Waals surface area contributed by atoms with E-state index in [0.717, 1.165) is 15.7 Å². The Morgan fingerprint density at radius 3 is 2.19 bits per heavy atom. The Balaban J connectivity index is 1.64. The van der Waals surface area contributed by atoms with Crippen molar-refractivity contribution in [2.24, 2.45) is 0 Å². The molecule has 0 fully saturated rings. The summed E-state index contributed by atoms with van der Waals surface area (Å²) in [5.41, 5.74) is 1.37. The normalized spacial score (nSPS) is 10.5. The predicted molar refractivity (Wildman–Crippen MR) is 109 cm³/mol. The predicted octanol–water partition coefficient (Wildman–Crippen LogP) is 5.18. The van der Waals surface area contributed by atoms with Gasteiger partial charge in [-0.25, -0.2) is 0 Å². The molecule has 0 saturated carbocycles. The number of amides is 2. The molecule has 0 saturated heterocycles. The number of halogens is 1. The number of carbonyl (C=O) groups excluding carboxylic acids is 2. The smallest absolute Gasteiger partial charge is 0.234 e. The topological polar surface area (TPSA) is 58.2 Å². The highest BCUT2D eigenvalue weighted by atomic mass is 35.5. The van der Waals surface area contributed by atoms with Crippen molar-refractivity contribution in [3.8, 4) is 0 Å². The molecule has 0 aliphatic rings. The van der Waals surface area contributed by atoms with Gasteiger partial charge in [-0.2, -0.15) is 0 Å². The van der Waals surface area contributed by atoms with Gasteiger partial charge in [0.25, 0.3) is 0 Å². The zero-order valence-electron chi connectivity index (χ0n) is 14.1. The lowest BCUT2D eigenvalue weighted by Crippen LogP contribution is -2.14. The molecule has 0 aromatic heterocycles. The molecular formula is C20H17ClN2O2S. The minimum absolute atomic E-state index is 0.105. The minimum Gasteiger partial charge on any atom is -0.326 e. The highest BCUT2D eigenvalue weighted by Crippen LogP contribution is 2.33. The van der Waals surface area contributed by atoms with Gasteiger partial charge >= 0.3 is 0 Å². The minimum atomic E-state index is -0.132. The molecule has 2 amide bonds. The van der Waals surface area contributed by atoms with Crippen LogP contribution in [0, 0.1) is 0 Å². The van der Waals surface area contributed by atoms with E-state index in [4.69, 9.17) is 11.6 Å². The third kappa shape index (κ3) is 4.56. The van der Waals surface area contributed by atoms with Crippen LogP contribution in [0.2, 0.25) is 5.02 Å². The van der Waals surface area contributed by atoms with Crippen molar-refractivity contribution in [2.45, 2.75) is 11.8 Å². The van der Waals surface area contributed by atoms with Gasteiger partial charge in [-0.3, -0.25) is 9.59 Å². The van der Waals surface area contributed by atoms with Gasteiger partial charge in [-0.1, -0.05) is 35.9 Å². The molecule has 0 atom stereocenters. The highest BCUT2D eigenvalue weighted by molar-refractivity contribution is 8.00. The van der Waals surface area contributed by atoms with Gasteiger partial charge in [-0.05, 0) is 41.8 Å². The number of fused-ring (bicyclic) bond motifs is 1. The molecule has 3 aromatic carbocycles. The zero-order chi connectivity index (χ0) is 18.5. The van der Waals surface area contributed by atoms with Crippen LogP contribution >= 0.6 is 23.4 Å². The second-order valence-corrected chi connectivity index (χ2v) is 7.11. The molecule has 0 aliphatic heterocycles. The summed E-state index contributed by atoms with van der Waals surface area (Å²) in [6, 6.07) is 18.7. The average molecular weight is 385 g/mol. The summed E-state index contributed by atoms with van der Waals surface area (Å²) in [5, 5.41) is 8.24. The van der Waals surface area contributed by atoms with Crippen molar-refractivity contribution in [1.29, 1.82) is 0 Å². The molecule has 26 heavy (non-hydrogen) atoms. The van der Waals surface area contributed by atoms with Gasteiger partial charge in [0.15, 0.2) is 0 Å². The maximum atomic E-state index is 12.2. The SMILES string of the molecule is CC(=O)Nc1ccc(NC(=O)CSc2cccc3cccc(Cl)c23)cc1. The first-order valence-corrected chi connectivity index (χ1v) is 9.37. The first-order valence-electron chi connectivity index (χ1n) is 8.00. The van der Waals surface area contributed by atoms with Crippen LogP contribution in [0.1, 0.15) is 6.92 Å². The van der Waals surface area contributed by atoms with E-state index < -0.39 is 0 Å². The van der Waals surface area contributed by atoms with E-state index in [-0.39, 0.29) is 17.6 Å². The average Bonchev–Trinajstić information content (AvgIpc) is 2.61. The lowest BCUT2D eigenvalue weighted by atomic mass is 10.1. The Hall–Kier alpha value is -2.50. The van der Waals surface area contributed by atoms with E-state index in [1.54, 1.807) is 24.3 Å². The molecule has 0 unspecified atom stereocenters. The second-order valence-electron chi connectivity index (χ2n) is 5.69. The van der Waals surface area contributed by atoms with Crippen LogP contribution in [0.4, 0.5) is 11.4 Å². The quantitative estimate of drug-likeness (QED) is 0.595. The lowest BCUT2D eigenvalue weighted by molar-refractivity contribution is -0.114. The maximum absolute atomic E-state index is 12.2. The summed E-state index contributed by atoms with van der Waals surface area (Å²) in [7, 11) is 0. The molecule has 2 N–H and O–H groups in total. The van der Waals surface area contributed by atoms with Crippen molar-refractivity contribution in [3.63, 3.8) is 0 Å². The van der Waals surface area contributed by atoms with Gasteiger partial charge in [0, 0.05) is 33.6 Å². The summed E-state index contributed by atoms with van der Waals surface area (Å²) in [4.78, 5) is 24.2. The molecule has 4 nitrogen and oxygen atoms in total. The molecule has 0 radical (unpaired) electrons. The monoisotopic (exact) mass is 384 g/mol. The Morgan fingerprint density at radius 1 is 0.923 bits per heavy atom. The van der Waals surface area contributed by atoms with Crippen LogP contribution in [-0.4, -0.2) is 17.6 Å². The summed E-state index contributed by atoms with van der Waals surface area (Å²) in [6.45, 7) is 1.45. The number of hydrogen-bond donors (Lipinski definition) is 2. The number of hydrogen-bond acceptors (Lipinski definition) is 3. The van der Waals surface area contributed by atoms with Crippen molar-refractivity contribution in [2.75, 3.05) is 16.4 Å². The lowest BCUT2D eigenvalue weighted by Gasteiger charge is -2.09. The molecule has 0 spiro atoms. The van der Waals surface area contributed by atoms with Crippen LogP contribution in [0.5, 0.6) is 0 Å². The van der Waals surface area contributed by atoms with Gasteiger partial charge in [0.1, 0.15) is 0 Å². The van der Waals surface area contributed by atoms with E-state index in [2.05, 4.69) is 10.6 Å². The van der Waals surface area contributed by atoms with E-state index in [9.17, 15) is 9.59 Å². The summed E-state index contributed by atoms with van der Waals surface area (Å²) < 4.78 is 0. The van der Waals surface area contributed by atoms with Crippen LogP contribution in [0.3, 0.4) is 0 Å². The molecule has 132 valence electrons. The third-order valence-electron chi connectivity index (χ3n) is 3.66. The number of nitrogens with one attached hydrogen (secondary N) is 2. The first-order chi connectivity index (χ1) is 12.5. The molecular weight excluding hydrogens is 368 g/mol. The fourth-order valence-corrected chi connectivity index (χ4v) is 3.81. The first kappa shape index (κ1) is 18.3. The number of benzene rings is 3. The standard InChI is InChI=1S/C20H17ClN2O2S/c1-13(24)22-15-8-10-16(11-9-15)23-19(25)12-26-18-7-3-5-14-4-2-6-17(21)20(14)18/h2-11H,12H2,1H3,(H,22,24)(H,23,25). The fraction of sp³-hybridized carbons (Fsp3) is 0.100. The van der Waals surface area contributed by atoms with Crippen molar-refractivity contribution < 1.29 is 9.59 Å². The van der Waals surface area contributed by atoms with Crippen LogP contribution in [0.15, 0.2) is 65.6 Å². The van der Waals surface area contributed by atoms with Gasteiger partial charge < -0.3 is 10.6 Å². The van der Waals surface area contributed by atoms with E-state index in [0.29, 0.717) is 16.4 Å². The second kappa shape index (κ2) is 8.25. The van der Waals surface area contributed by atoms with E-state index in [1.807, 2.05) is 36.4 Å². The van der Waals surface area contributed by atoms with E-state index in [1.165, 1.54) is 18.7 Å². The maximum Gasteiger partial charge on any atom is 0.234 e. The zero-order valence-corrected chi connectivity index (χ0v) is 15.7. The summed E-state index contributed by atoms with van der Waals surface area (Å²) >= 11 is 7.76. The Bertz CT molecular complexity index is 952. The highest BCUT2D eigenvalue weighted by Gasteiger charge is 2.09. The number of thioether (sulfide) groups is 1. The van der Waals surface area contributed by atoms with Gasteiger partial charge in [0.2, 0.25) is 11.8 Å². The van der Waals surface area contributed by atoms with Crippen molar-refractivity contribution in [3.05, 3.63) is 65.7 Å². The van der Waals surface area contributed by atoms with E-state index >= 15 is 0 Å². The largest absolute Gasteiger partial charge is 0.326 e.